The van der Waals surface area contributed by atoms with Crippen LogP contribution in [0.5, 0.6) is 0 Å². The van der Waals surface area contributed by atoms with Gasteiger partial charge in [-0.2, -0.15) is 52.7 Å². The van der Waals surface area contributed by atoms with Crippen LogP contribution >= 0.6 is 0 Å². The van der Waals surface area contributed by atoms with Crippen LogP contribution in [0, 0.1) is 13.1 Å². The van der Waals surface area contributed by atoms with Crippen molar-refractivity contribution in [1.29, 1.82) is 0 Å². The summed E-state index contributed by atoms with van der Waals surface area (Å²) in [6.45, 7) is 14.7. The maximum absolute atomic E-state index is 13.5. The Kier molecular flexibility index (Phi) is 6.15. The lowest BCUT2D eigenvalue weighted by atomic mass is 10.0. The van der Waals surface area contributed by atoms with Crippen molar-refractivity contribution in [3.05, 3.63) is 57.7 Å². The van der Waals surface area contributed by atoms with E-state index in [9.17, 15) is 52.7 Å². The van der Waals surface area contributed by atoms with Gasteiger partial charge in [-0.1, -0.05) is 12.1 Å². The lowest BCUT2D eigenvalue weighted by Crippen LogP contribution is -2.21. The summed E-state index contributed by atoms with van der Waals surface area (Å²) in [5.74, 6) is 0. The highest BCUT2D eigenvalue weighted by Gasteiger charge is 2.48. The molecule has 4 heterocycles. The molecule has 6 rings (SSSR count). The molecule has 0 spiro atoms. The van der Waals surface area contributed by atoms with Gasteiger partial charge in [0.1, 0.15) is 22.1 Å². The molecule has 0 unspecified atom stereocenters. The summed E-state index contributed by atoms with van der Waals surface area (Å²) in [6.07, 6.45) is -22.8. The minimum absolute atomic E-state index is 0.268. The molecule has 0 radical (unpaired) electrons. The van der Waals surface area contributed by atoms with Gasteiger partial charge in [-0.05, 0) is 10.8 Å². The average molecular weight is 658 g/mol. The zero-order chi connectivity index (χ0) is 33.7. The lowest BCUT2D eigenvalue weighted by Gasteiger charge is -2.15. The van der Waals surface area contributed by atoms with Crippen LogP contribution in [0.3, 0.4) is 0 Å². The third kappa shape index (κ3) is 4.69. The monoisotopic (exact) mass is 658 g/mol. The molecule has 0 fully saturated rings. The molecule has 22 heteroatoms. The lowest BCUT2D eigenvalue weighted by molar-refractivity contribution is -0.167. The van der Waals surface area contributed by atoms with Gasteiger partial charge in [0.05, 0.1) is 13.1 Å². The molecule has 46 heavy (non-hydrogen) atoms. The molecule has 0 saturated carbocycles. The summed E-state index contributed by atoms with van der Waals surface area (Å²) in [5, 5.41) is -0.537. The Morgan fingerprint density at radius 1 is 0.391 bits per heavy atom. The van der Waals surface area contributed by atoms with Crippen LogP contribution in [0.4, 0.5) is 64.1 Å². The Morgan fingerprint density at radius 2 is 0.630 bits per heavy atom. The van der Waals surface area contributed by atoms with Gasteiger partial charge in [-0.3, -0.25) is 9.69 Å². The van der Waals surface area contributed by atoms with E-state index in [-0.39, 0.29) is 22.1 Å². The second kappa shape index (κ2) is 9.35. The standard InChI is InChI=1S/C24H2F12N10/c1-37-7-3-5-6(4-8(7)38-2)10-12(42-20-18(40-10)44-14(22(28,29)30)16(46-20)24(34,35)36)11-9(5)39-17-19(41-11)45-15(23(31,32)33)13(43-17)21(25,26)27/h3-4H. The van der Waals surface area contributed by atoms with Gasteiger partial charge < -0.3 is 0 Å². The van der Waals surface area contributed by atoms with E-state index < -0.39 is 92.1 Å². The van der Waals surface area contributed by atoms with Gasteiger partial charge in [-0.15, -0.1) is 0 Å². The molecule has 0 aliphatic rings. The average Bonchev–Trinajstić information content (AvgIpc) is 2.95. The topological polar surface area (TPSA) is 112 Å². The largest absolute Gasteiger partial charge is 0.435 e. The predicted molar refractivity (Wildman–Crippen MR) is 129 cm³/mol. The molecule has 2 aromatic carbocycles. The summed E-state index contributed by atoms with van der Waals surface area (Å²) < 4.78 is 163. The van der Waals surface area contributed by atoms with Crippen molar-refractivity contribution in [2.24, 2.45) is 0 Å². The number of hydrogen-bond acceptors (Lipinski definition) is 8. The maximum Gasteiger partial charge on any atom is 0.435 e. The van der Waals surface area contributed by atoms with Crippen LogP contribution in [-0.2, 0) is 24.7 Å². The molecule has 232 valence electrons. The molecule has 0 atom stereocenters. The minimum atomic E-state index is -5.70. The fourth-order valence-corrected chi connectivity index (χ4v) is 4.41. The van der Waals surface area contributed by atoms with Crippen LogP contribution in [0.25, 0.3) is 65.1 Å². The molecule has 0 aliphatic carbocycles. The van der Waals surface area contributed by atoms with Crippen LogP contribution in [0.15, 0.2) is 12.1 Å². The van der Waals surface area contributed by atoms with E-state index in [4.69, 9.17) is 13.1 Å². The van der Waals surface area contributed by atoms with Crippen molar-refractivity contribution >= 4 is 66.8 Å². The first kappa shape index (κ1) is 30.2. The second-order valence-corrected chi connectivity index (χ2v) is 9.08. The molecule has 0 aliphatic heterocycles. The van der Waals surface area contributed by atoms with E-state index in [2.05, 4.69) is 49.6 Å². The van der Waals surface area contributed by atoms with Gasteiger partial charge in [-0.25, -0.2) is 39.9 Å². The SMILES string of the molecule is [C-]#[N+]c1cc2c(cc1[N+]#[C-])c1nc3nc(C(F)(F)F)c(C(F)(F)F)nc3nc1c1nc3nc(C(F)(F)F)c(C(F)(F)F)nc3nc21. The fraction of sp³-hybridized carbons (Fsp3) is 0.167. The predicted octanol–water partition coefficient (Wildman–Crippen LogP) is 7.79. The summed E-state index contributed by atoms with van der Waals surface area (Å²) in [5.41, 5.74) is -17.6. The van der Waals surface area contributed by atoms with Crippen molar-refractivity contribution < 1.29 is 52.7 Å². The Balaban J connectivity index is 1.86. The van der Waals surface area contributed by atoms with Gasteiger partial charge in [0.15, 0.2) is 56.7 Å². The quantitative estimate of drug-likeness (QED) is 0.0704. The van der Waals surface area contributed by atoms with E-state index in [1.54, 1.807) is 0 Å². The van der Waals surface area contributed by atoms with Gasteiger partial charge >= 0.3 is 24.7 Å². The summed E-state index contributed by atoms with van der Waals surface area (Å²) in [6, 6.07) is 1.93. The highest BCUT2D eigenvalue weighted by molar-refractivity contribution is 6.23. The molecule has 0 saturated heterocycles. The second-order valence-electron chi connectivity index (χ2n) is 9.08. The van der Waals surface area contributed by atoms with E-state index in [1.165, 1.54) is 0 Å². The Hall–Kier alpha value is -5.80. The minimum Gasteiger partial charge on any atom is -0.250 e. The van der Waals surface area contributed by atoms with Crippen molar-refractivity contribution in [3.63, 3.8) is 0 Å². The number of fused-ring (bicyclic) bond motifs is 8. The zero-order valence-corrected chi connectivity index (χ0v) is 21.2. The Bertz CT molecular complexity index is 2230. The smallest absolute Gasteiger partial charge is 0.250 e. The van der Waals surface area contributed by atoms with E-state index >= 15 is 0 Å². The maximum atomic E-state index is 13.5. The third-order valence-corrected chi connectivity index (χ3v) is 6.20. The Morgan fingerprint density at radius 3 is 0.848 bits per heavy atom. The van der Waals surface area contributed by atoms with E-state index in [1.807, 2.05) is 0 Å². The first-order valence-corrected chi connectivity index (χ1v) is 11.6. The summed E-state index contributed by atoms with van der Waals surface area (Å²) >= 11 is 0. The van der Waals surface area contributed by atoms with Crippen LogP contribution < -0.4 is 0 Å². The number of aromatic nitrogens is 8. The molecule has 6 aromatic rings. The van der Waals surface area contributed by atoms with Crippen molar-refractivity contribution in [2.75, 3.05) is 0 Å². The summed E-state index contributed by atoms with van der Waals surface area (Å²) in [7, 11) is 0. The van der Waals surface area contributed by atoms with E-state index in [0.717, 1.165) is 12.1 Å². The number of rotatable bonds is 0. The van der Waals surface area contributed by atoms with Gasteiger partial charge in [0, 0.05) is 0 Å². The highest BCUT2D eigenvalue weighted by atomic mass is 19.4. The van der Waals surface area contributed by atoms with Crippen LogP contribution in [-0.4, -0.2) is 39.9 Å². The van der Waals surface area contributed by atoms with Crippen molar-refractivity contribution in [2.45, 2.75) is 24.7 Å². The molecule has 10 nitrogen and oxygen atoms in total. The van der Waals surface area contributed by atoms with Crippen molar-refractivity contribution in [3.8, 4) is 0 Å². The number of alkyl halides is 12. The van der Waals surface area contributed by atoms with Crippen molar-refractivity contribution in [1.82, 2.24) is 39.9 Å². The first-order chi connectivity index (χ1) is 21.2. The number of halogens is 12. The van der Waals surface area contributed by atoms with Gasteiger partial charge in [0.2, 0.25) is 0 Å². The molecule has 4 aromatic heterocycles. The molecular formula is C24H2F12N10. The van der Waals surface area contributed by atoms with E-state index in [0.29, 0.717) is 0 Å². The molecule has 0 bridgehead atoms. The van der Waals surface area contributed by atoms with Gasteiger partial charge in [0.25, 0.3) is 0 Å². The molecular weight excluding hydrogens is 656 g/mol. The highest BCUT2D eigenvalue weighted by Crippen LogP contribution is 2.43. The fourth-order valence-electron chi connectivity index (χ4n) is 4.41. The molecule has 0 N–H and O–H groups in total. The third-order valence-electron chi connectivity index (χ3n) is 6.20. The Labute approximate surface area is 242 Å². The van der Waals surface area contributed by atoms with Crippen LogP contribution in [0.2, 0.25) is 0 Å². The van der Waals surface area contributed by atoms with Crippen LogP contribution in [0.1, 0.15) is 22.8 Å². The number of hydrogen-bond donors (Lipinski definition) is 0. The normalized spacial score (nSPS) is 13.2. The number of nitrogens with zero attached hydrogens (tertiary/aromatic N) is 10. The first-order valence-electron chi connectivity index (χ1n) is 11.6. The molecule has 0 amide bonds. The summed E-state index contributed by atoms with van der Waals surface area (Å²) in [4.78, 5) is 33.4. The zero-order valence-electron chi connectivity index (χ0n) is 21.2. The number of benzene rings is 2.